The quantitative estimate of drug-likeness (QED) is 0.619. The van der Waals surface area contributed by atoms with Crippen molar-refractivity contribution in [2.24, 2.45) is 0 Å². The lowest BCUT2D eigenvalue weighted by atomic mass is 10.2. The van der Waals surface area contributed by atoms with Crippen LogP contribution in [0.3, 0.4) is 0 Å². The van der Waals surface area contributed by atoms with Gasteiger partial charge in [0.1, 0.15) is 0 Å². The monoisotopic (exact) mass is 312 g/mol. The molecule has 2 rings (SSSR count). The van der Waals surface area contributed by atoms with E-state index in [1.54, 1.807) is 0 Å². The molecule has 0 aliphatic carbocycles. The van der Waals surface area contributed by atoms with Crippen molar-refractivity contribution in [3.63, 3.8) is 0 Å². The van der Waals surface area contributed by atoms with Crippen molar-refractivity contribution in [2.45, 2.75) is 37.9 Å². The van der Waals surface area contributed by atoms with Crippen LogP contribution in [-0.4, -0.2) is 26.4 Å². The molecule has 0 spiro atoms. The molecule has 0 saturated carbocycles. The number of hydrogen-bond donors (Lipinski definition) is 1. The van der Waals surface area contributed by atoms with Gasteiger partial charge in [0.25, 0.3) is 0 Å². The Hall–Kier alpha value is -1.20. The fourth-order valence-electron chi connectivity index (χ4n) is 2.05. The Balaban J connectivity index is 2.31. The molecule has 0 aliphatic rings. The molecule has 0 radical (unpaired) electrons. The topological polar surface area (TPSA) is 55.1 Å². The van der Waals surface area contributed by atoms with E-state index < -0.39 is 5.97 Å². The Labute approximate surface area is 127 Å². The highest BCUT2D eigenvalue weighted by Crippen LogP contribution is 2.26. The number of carbonyl (C=O) groups is 1. The van der Waals surface area contributed by atoms with Crippen LogP contribution in [0.5, 0.6) is 0 Å². The number of benzene rings is 1. The van der Waals surface area contributed by atoms with Gasteiger partial charge in [0, 0.05) is 11.6 Å². The van der Waals surface area contributed by atoms with Gasteiger partial charge in [-0.1, -0.05) is 43.1 Å². The molecule has 1 aromatic heterocycles. The maximum absolute atomic E-state index is 10.7. The number of carboxylic acids is 1. The maximum atomic E-state index is 10.7. The maximum Gasteiger partial charge on any atom is 0.313 e. The average molecular weight is 313 g/mol. The number of fused-ring (bicyclic) bond motifs is 1. The van der Waals surface area contributed by atoms with Gasteiger partial charge in [0.2, 0.25) is 0 Å². The van der Waals surface area contributed by atoms with E-state index in [9.17, 15) is 4.79 Å². The van der Waals surface area contributed by atoms with E-state index in [0.29, 0.717) is 5.02 Å². The van der Waals surface area contributed by atoms with Crippen LogP contribution in [0.1, 0.15) is 26.2 Å². The summed E-state index contributed by atoms with van der Waals surface area (Å²) in [5.41, 5.74) is 1.83. The summed E-state index contributed by atoms with van der Waals surface area (Å²) in [6.45, 7) is 3.01. The van der Waals surface area contributed by atoms with Gasteiger partial charge in [-0.25, -0.2) is 4.98 Å². The number of aromatic nitrogens is 2. The molecule has 0 unspecified atom stereocenters. The molecule has 2 aromatic rings. The lowest BCUT2D eigenvalue weighted by Crippen LogP contribution is -2.03. The van der Waals surface area contributed by atoms with Crippen molar-refractivity contribution < 1.29 is 9.90 Å². The van der Waals surface area contributed by atoms with E-state index in [0.717, 1.165) is 42.0 Å². The molecule has 1 heterocycles. The van der Waals surface area contributed by atoms with Crippen LogP contribution >= 0.6 is 23.4 Å². The van der Waals surface area contributed by atoms with Crippen LogP contribution < -0.4 is 0 Å². The molecule has 4 nitrogen and oxygen atoms in total. The fraction of sp³-hybridized carbons (Fsp3) is 0.429. The van der Waals surface area contributed by atoms with Crippen LogP contribution in [0.2, 0.25) is 5.02 Å². The van der Waals surface area contributed by atoms with Gasteiger partial charge in [0.15, 0.2) is 5.16 Å². The first-order valence-corrected chi connectivity index (χ1v) is 7.98. The average Bonchev–Trinajstić information content (AvgIpc) is 2.74. The summed E-state index contributed by atoms with van der Waals surface area (Å²) in [4.78, 5) is 15.2. The zero-order valence-corrected chi connectivity index (χ0v) is 12.9. The van der Waals surface area contributed by atoms with Crippen LogP contribution in [0.25, 0.3) is 11.0 Å². The van der Waals surface area contributed by atoms with Crippen molar-refractivity contribution in [2.75, 3.05) is 5.75 Å². The SMILES string of the molecule is CCCCCn1c(SCC(=O)O)nc2cc(Cl)ccc21. The van der Waals surface area contributed by atoms with Crippen molar-refractivity contribution >= 4 is 40.4 Å². The summed E-state index contributed by atoms with van der Waals surface area (Å²) in [5, 5.41) is 10.2. The molecule has 108 valence electrons. The van der Waals surface area contributed by atoms with Crippen molar-refractivity contribution in [3.05, 3.63) is 23.2 Å². The Morgan fingerprint density at radius 2 is 2.25 bits per heavy atom. The second-order valence-corrected chi connectivity index (χ2v) is 5.95. The minimum absolute atomic E-state index is 0.0187. The smallest absolute Gasteiger partial charge is 0.313 e. The highest BCUT2D eigenvalue weighted by atomic mass is 35.5. The number of thioether (sulfide) groups is 1. The predicted octanol–water partition coefficient (Wildman–Crippen LogP) is 4.06. The van der Waals surface area contributed by atoms with E-state index >= 15 is 0 Å². The molecule has 0 fully saturated rings. The summed E-state index contributed by atoms with van der Waals surface area (Å²) in [5.74, 6) is -0.814. The van der Waals surface area contributed by atoms with E-state index in [1.807, 2.05) is 18.2 Å². The molecular weight excluding hydrogens is 296 g/mol. The van der Waals surface area contributed by atoms with Gasteiger partial charge in [0.05, 0.1) is 16.8 Å². The summed E-state index contributed by atoms with van der Waals surface area (Å²) < 4.78 is 2.09. The van der Waals surface area contributed by atoms with Gasteiger partial charge in [-0.2, -0.15) is 0 Å². The summed E-state index contributed by atoms with van der Waals surface area (Å²) >= 11 is 7.24. The van der Waals surface area contributed by atoms with Gasteiger partial charge in [-0.3, -0.25) is 4.79 Å². The molecule has 0 bridgehead atoms. The van der Waals surface area contributed by atoms with Gasteiger partial charge in [-0.15, -0.1) is 0 Å². The predicted molar refractivity (Wildman–Crippen MR) is 82.6 cm³/mol. The number of imidazole rings is 1. The lowest BCUT2D eigenvalue weighted by molar-refractivity contribution is -0.133. The standard InChI is InChI=1S/C14H17ClN2O2S/c1-2-3-4-7-17-12-6-5-10(15)8-11(12)16-14(17)20-9-13(18)19/h5-6,8H,2-4,7,9H2,1H3,(H,18,19). The highest BCUT2D eigenvalue weighted by molar-refractivity contribution is 7.99. The third kappa shape index (κ3) is 3.67. The normalized spacial score (nSPS) is 11.1. The minimum Gasteiger partial charge on any atom is -0.481 e. The molecule has 0 atom stereocenters. The van der Waals surface area contributed by atoms with E-state index in [2.05, 4.69) is 16.5 Å². The summed E-state index contributed by atoms with van der Waals surface area (Å²) in [7, 11) is 0. The Morgan fingerprint density at radius 3 is 2.95 bits per heavy atom. The largest absolute Gasteiger partial charge is 0.481 e. The van der Waals surface area contributed by atoms with Crippen molar-refractivity contribution in [1.29, 1.82) is 0 Å². The lowest BCUT2D eigenvalue weighted by Gasteiger charge is -2.07. The number of unbranched alkanes of at least 4 members (excludes halogenated alkanes) is 2. The third-order valence-corrected chi connectivity index (χ3v) is 4.18. The molecule has 0 saturated heterocycles. The summed E-state index contributed by atoms with van der Waals surface area (Å²) in [6.07, 6.45) is 3.36. The van der Waals surface area contributed by atoms with Crippen molar-refractivity contribution in [3.8, 4) is 0 Å². The van der Waals surface area contributed by atoms with Gasteiger partial charge in [-0.05, 0) is 24.6 Å². The van der Waals surface area contributed by atoms with Crippen LogP contribution in [0.15, 0.2) is 23.4 Å². The number of halogens is 1. The second-order valence-electron chi connectivity index (χ2n) is 4.57. The molecule has 0 aliphatic heterocycles. The Morgan fingerprint density at radius 1 is 1.45 bits per heavy atom. The van der Waals surface area contributed by atoms with E-state index in [-0.39, 0.29) is 5.75 Å². The fourth-order valence-corrected chi connectivity index (χ4v) is 2.98. The van der Waals surface area contributed by atoms with E-state index in [1.165, 1.54) is 11.8 Å². The number of rotatable bonds is 7. The summed E-state index contributed by atoms with van der Waals surface area (Å²) in [6, 6.07) is 5.60. The number of aliphatic carboxylic acids is 1. The zero-order chi connectivity index (χ0) is 14.5. The number of hydrogen-bond acceptors (Lipinski definition) is 3. The zero-order valence-electron chi connectivity index (χ0n) is 11.3. The Bertz CT molecular complexity index is 612. The number of carboxylic acid groups (broad SMARTS) is 1. The molecule has 6 heteroatoms. The third-order valence-electron chi connectivity index (χ3n) is 2.99. The second kappa shape index (κ2) is 6.99. The number of nitrogens with zero attached hydrogens (tertiary/aromatic N) is 2. The molecule has 1 aromatic carbocycles. The molecule has 20 heavy (non-hydrogen) atoms. The first kappa shape index (κ1) is 15.2. The van der Waals surface area contributed by atoms with Crippen LogP contribution in [0.4, 0.5) is 0 Å². The van der Waals surface area contributed by atoms with Crippen molar-refractivity contribution in [1.82, 2.24) is 9.55 Å². The van der Waals surface area contributed by atoms with Gasteiger partial charge >= 0.3 is 5.97 Å². The minimum atomic E-state index is -0.833. The van der Waals surface area contributed by atoms with Gasteiger partial charge < -0.3 is 9.67 Å². The molecular formula is C14H17ClN2O2S. The van der Waals surface area contributed by atoms with Crippen LogP contribution in [-0.2, 0) is 11.3 Å². The first-order valence-electron chi connectivity index (χ1n) is 6.62. The number of aryl methyl sites for hydroxylation is 1. The van der Waals surface area contributed by atoms with E-state index in [4.69, 9.17) is 16.7 Å². The highest BCUT2D eigenvalue weighted by Gasteiger charge is 2.12. The molecule has 1 N–H and O–H groups in total. The Kier molecular flexibility index (Phi) is 5.31. The van der Waals surface area contributed by atoms with Crippen LogP contribution in [0, 0.1) is 0 Å². The molecule has 0 amide bonds. The first-order chi connectivity index (χ1) is 9.61.